The van der Waals surface area contributed by atoms with Crippen molar-refractivity contribution in [1.29, 1.82) is 0 Å². The van der Waals surface area contributed by atoms with E-state index in [9.17, 15) is 4.79 Å². The summed E-state index contributed by atoms with van der Waals surface area (Å²) in [4.78, 5) is 12.7. The molecule has 2 aliphatic rings. The Morgan fingerprint density at radius 3 is 2.40 bits per heavy atom. The molecule has 4 heteroatoms. The molecule has 2 fully saturated rings. The van der Waals surface area contributed by atoms with Crippen LogP contribution >= 0.6 is 0 Å². The van der Waals surface area contributed by atoms with E-state index in [0.29, 0.717) is 12.1 Å². The van der Waals surface area contributed by atoms with E-state index in [1.165, 1.54) is 12.8 Å². The van der Waals surface area contributed by atoms with Gasteiger partial charge in [0.15, 0.2) is 0 Å². The molecule has 15 heavy (non-hydrogen) atoms. The Bertz CT molecular complexity index is 232. The van der Waals surface area contributed by atoms with Crippen molar-refractivity contribution in [2.75, 3.05) is 13.1 Å². The molecule has 0 radical (unpaired) electrons. The number of urea groups is 1. The molecule has 0 aromatic rings. The number of primary amides is 1. The number of nitrogens with one attached hydrogen (secondary N) is 1. The molecule has 86 valence electrons. The fraction of sp³-hybridized carbons (Fsp3) is 0.909. The average molecular weight is 211 g/mol. The molecule has 1 atom stereocenters. The maximum atomic E-state index is 10.9. The zero-order valence-corrected chi connectivity index (χ0v) is 9.41. The highest BCUT2D eigenvalue weighted by Crippen LogP contribution is 2.32. The SMILES string of the molecule is CC(NC1CCN(C(N)=O)CC1)C1CC1. The van der Waals surface area contributed by atoms with Gasteiger partial charge < -0.3 is 16.0 Å². The Labute approximate surface area is 91.2 Å². The zero-order valence-electron chi connectivity index (χ0n) is 9.41. The van der Waals surface area contributed by atoms with E-state index in [0.717, 1.165) is 31.8 Å². The van der Waals surface area contributed by atoms with Crippen LogP contribution in [0.4, 0.5) is 4.79 Å². The molecule has 1 aliphatic carbocycles. The van der Waals surface area contributed by atoms with Crippen molar-refractivity contribution in [3.05, 3.63) is 0 Å². The maximum absolute atomic E-state index is 10.9. The summed E-state index contributed by atoms with van der Waals surface area (Å²) >= 11 is 0. The summed E-state index contributed by atoms with van der Waals surface area (Å²) in [6, 6.07) is 0.954. The molecule has 1 aliphatic heterocycles. The topological polar surface area (TPSA) is 58.4 Å². The van der Waals surface area contributed by atoms with Crippen LogP contribution in [0.15, 0.2) is 0 Å². The minimum absolute atomic E-state index is 0.274. The lowest BCUT2D eigenvalue weighted by molar-refractivity contribution is 0.182. The molecular formula is C11H21N3O. The molecule has 1 saturated heterocycles. The molecule has 0 aromatic heterocycles. The van der Waals surface area contributed by atoms with Gasteiger partial charge in [-0.3, -0.25) is 0 Å². The van der Waals surface area contributed by atoms with Gasteiger partial charge in [0.2, 0.25) is 0 Å². The summed E-state index contributed by atoms with van der Waals surface area (Å²) in [5, 5.41) is 3.66. The first kappa shape index (κ1) is 10.7. The van der Waals surface area contributed by atoms with E-state index >= 15 is 0 Å². The van der Waals surface area contributed by atoms with E-state index in [-0.39, 0.29) is 6.03 Å². The van der Waals surface area contributed by atoms with Gasteiger partial charge in [-0.1, -0.05) is 0 Å². The maximum Gasteiger partial charge on any atom is 0.314 e. The van der Waals surface area contributed by atoms with Crippen molar-refractivity contribution in [3.63, 3.8) is 0 Å². The fourth-order valence-corrected chi connectivity index (χ4v) is 2.37. The summed E-state index contributed by atoms with van der Waals surface area (Å²) < 4.78 is 0. The summed E-state index contributed by atoms with van der Waals surface area (Å²) in [7, 11) is 0. The van der Waals surface area contributed by atoms with Crippen molar-refractivity contribution in [3.8, 4) is 0 Å². The number of nitrogens with two attached hydrogens (primary N) is 1. The summed E-state index contributed by atoms with van der Waals surface area (Å²) in [6.45, 7) is 3.90. The van der Waals surface area contributed by atoms with Crippen molar-refractivity contribution in [2.24, 2.45) is 11.7 Å². The minimum Gasteiger partial charge on any atom is -0.351 e. The van der Waals surface area contributed by atoms with Crippen LogP contribution in [0.3, 0.4) is 0 Å². The van der Waals surface area contributed by atoms with Crippen LogP contribution in [0.2, 0.25) is 0 Å². The van der Waals surface area contributed by atoms with Gasteiger partial charge in [-0.05, 0) is 38.5 Å². The highest BCUT2D eigenvalue weighted by molar-refractivity contribution is 5.72. The Balaban J connectivity index is 1.70. The van der Waals surface area contributed by atoms with Gasteiger partial charge in [0, 0.05) is 25.2 Å². The van der Waals surface area contributed by atoms with E-state index < -0.39 is 0 Å². The van der Waals surface area contributed by atoms with Crippen LogP contribution in [-0.2, 0) is 0 Å². The van der Waals surface area contributed by atoms with Gasteiger partial charge in [-0.15, -0.1) is 0 Å². The Morgan fingerprint density at radius 1 is 1.33 bits per heavy atom. The first-order valence-electron chi connectivity index (χ1n) is 5.97. The predicted octanol–water partition coefficient (Wildman–Crippen LogP) is 0.918. The average Bonchev–Trinajstić information content (AvgIpc) is 3.01. The molecule has 0 bridgehead atoms. The van der Waals surface area contributed by atoms with Crippen LogP contribution in [0, 0.1) is 5.92 Å². The van der Waals surface area contributed by atoms with Crippen molar-refractivity contribution < 1.29 is 4.79 Å². The number of hydrogen-bond acceptors (Lipinski definition) is 2. The highest BCUT2D eigenvalue weighted by Gasteiger charge is 2.30. The van der Waals surface area contributed by atoms with Crippen LogP contribution in [0.1, 0.15) is 32.6 Å². The van der Waals surface area contributed by atoms with Gasteiger partial charge in [0.05, 0.1) is 0 Å². The molecule has 0 spiro atoms. The summed E-state index contributed by atoms with van der Waals surface area (Å²) in [5.74, 6) is 0.902. The Kier molecular flexibility index (Phi) is 3.14. The minimum atomic E-state index is -0.274. The van der Waals surface area contributed by atoms with Gasteiger partial charge in [0.25, 0.3) is 0 Å². The number of likely N-dealkylation sites (tertiary alicyclic amines) is 1. The molecule has 1 heterocycles. The predicted molar refractivity (Wildman–Crippen MR) is 59.5 cm³/mol. The first-order valence-corrected chi connectivity index (χ1v) is 5.97. The van der Waals surface area contributed by atoms with Crippen molar-refractivity contribution in [1.82, 2.24) is 10.2 Å². The molecule has 0 aromatic carbocycles. The monoisotopic (exact) mass is 211 g/mol. The lowest BCUT2D eigenvalue weighted by Crippen LogP contribution is -2.48. The fourth-order valence-electron chi connectivity index (χ4n) is 2.37. The lowest BCUT2D eigenvalue weighted by atomic mass is 10.0. The normalized spacial score (nSPS) is 25.3. The third-order valence-electron chi connectivity index (χ3n) is 3.63. The standard InChI is InChI=1S/C11H21N3O/c1-8(9-2-3-9)13-10-4-6-14(7-5-10)11(12)15/h8-10,13H,2-7H2,1H3,(H2,12,15). The van der Waals surface area contributed by atoms with Crippen LogP contribution in [-0.4, -0.2) is 36.1 Å². The molecule has 2 amide bonds. The second kappa shape index (κ2) is 4.39. The number of carbonyl (C=O) groups excluding carboxylic acids is 1. The van der Waals surface area contributed by atoms with Crippen LogP contribution in [0.5, 0.6) is 0 Å². The summed E-state index contributed by atoms with van der Waals surface area (Å²) in [5.41, 5.74) is 5.24. The second-order valence-corrected chi connectivity index (χ2v) is 4.89. The zero-order chi connectivity index (χ0) is 10.8. The lowest BCUT2D eigenvalue weighted by Gasteiger charge is -2.33. The Hall–Kier alpha value is -0.770. The third-order valence-corrected chi connectivity index (χ3v) is 3.63. The molecular weight excluding hydrogens is 190 g/mol. The first-order chi connectivity index (χ1) is 7.16. The number of rotatable bonds is 3. The largest absolute Gasteiger partial charge is 0.351 e. The van der Waals surface area contributed by atoms with Gasteiger partial charge in [-0.25, -0.2) is 4.79 Å². The van der Waals surface area contributed by atoms with E-state index in [1.54, 1.807) is 4.90 Å². The van der Waals surface area contributed by atoms with E-state index in [1.807, 2.05) is 0 Å². The summed E-state index contributed by atoms with van der Waals surface area (Å²) in [6.07, 6.45) is 4.85. The third kappa shape index (κ3) is 2.84. The Morgan fingerprint density at radius 2 is 1.93 bits per heavy atom. The quantitative estimate of drug-likeness (QED) is 0.729. The smallest absolute Gasteiger partial charge is 0.314 e. The number of carbonyl (C=O) groups is 1. The highest BCUT2D eigenvalue weighted by atomic mass is 16.2. The number of hydrogen-bond donors (Lipinski definition) is 2. The van der Waals surface area contributed by atoms with Gasteiger partial charge in [0.1, 0.15) is 0 Å². The van der Waals surface area contributed by atoms with Gasteiger partial charge in [-0.2, -0.15) is 0 Å². The molecule has 3 N–H and O–H groups in total. The van der Waals surface area contributed by atoms with Gasteiger partial charge >= 0.3 is 6.03 Å². The van der Waals surface area contributed by atoms with Crippen molar-refractivity contribution in [2.45, 2.75) is 44.7 Å². The molecule has 4 nitrogen and oxygen atoms in total. The molecule has 2 rings (SSSR count). The number of amides is 2. The molecule has 1 saturated carbocycles. The second-order valence-electron chi connectivity index (χ2n) is 4.89. The van der Waals surface area contributed by atoms with Crippen molar-refractivity contribution >= 4 is 6.03 Å². The van der Waals surface area contributed by atoms with E-state index in [2.05, 4.69) is 12.2 Å². The van der Waals surface area contributed by atoms with Crippen LogP contribution < -0.4 is 11.1 Å². The van der Waals surface area contributed by atoms with E-state index in [4.69, 9.17) is 5.73 Å². The van der Waals surface area contributed by atoms with Crippen LogP contribution in [0.25, 0.3) is 0 Å². The molecule has 1 unspecified atom stereocenters. The number of nitrogens with zero attached hydrogens (tertiary/aromatic N) is 1. The number of piperidine rings is 1.